The third-order valence-corrected chi connectivity index (χ3v) is 5.28. The first kappa shape index (κ1) is 16.3. The number of aromatic carboxylic acids is 1. The minimum absolute atomic E-state index is 0.0998. The minimum Gasteiger partial charge on any atom is -0.476 e. The van der Waals surface area contributed by atoms with Crippen molar-refractivity contribution in [1.29, 1.82) is 0 Å². The second kappa shape index (κ2) is 6.59. The van der Waals surface area contributed by atoms with Crippen molar-refractivity contribution < 1.29 is 14.3 Å². The molecule has 4 rings (SSSR count). The molecule has 2 aromatic rings. The van der Waals surface area contributed by atoms with E-state index >= 15 is 0 Å². The molecule has 1 saturated heterocycles. The van der Waals surface area contributed by atoms with E-state index in [0.29, 0.717) is 5.92 Å². The van der Waals surface area contributed by atoms with Gasteiger partial charge in [-0.15, -0.1) is 0 Å². The Morgan fingerprint density at radius 2 is 1.96 bits per heavy atom. The van der Waals surface area contributed by atoms with Crippen molar-refractivity contribution in [2.75, 3.05) is 13.1 Å². The molecular formula is C19H22FN3O2. The van der Waals surface area contributed by atoms with Crippen molar-refractivity contribution in [1.82, 2.24) is 14.7 Å². The number of aromatic nitrogens is 2. The zero-order valence-electron chi connectivity index (χ0n) is 14.1. The number of nitrogens with zero attached hydrogens (tertiary/aromatic N) is 3. The van der Waals surface area contributed by atoms with Crippen LogP contribution in [0, 0.1) is 5.82 Å². The smallest absolute Gasteiger partial charge is 0.356 e. The number of benzene rings is 1. The maximum absolute atomic E-state index is 13.5. The fourth-order valence-electron chi connectivity index (χ4n) is 3.72. The van der Waals surface area contributed by atoms with Gasteiger partial charge in [-0.05, 0) is 60.9 Å². The Morgan fingerprint density at radius 3 is 2.60 bits per heavy atom. The number of hydrogen-bond donors (Lipinski definition) is 1. The van der Waals surface area contributed by atoms with E-state index in [0.717, 1.165) is 32.5 Å². The second-order valence-electron chi connectivity index (χ2n) is 7.11. The molecule has 2 heterocycles. The molecule has 25 heavy (non-hydrogen) atoms. The lowest BCUT2D eigenvalue weighted by molar-refractivity contribution is 0.0688. The number of halogens is 1. The topological polar surface area (TPSA) is 58.4 Å². The van der Waals surface area contributed by atoms with Crippen molar-refractivity contribution in [2.24, 2.45) is 0 Å². The summed E-state index contributed by atoms with van der Waals surface area (Å²) >= 11 is 0. The molecule has 1 aliphatic heterocycles. The van der Waals surface area contributed by atoms with Crippen LogP contribution in [0.1, 0.15) is 59.3 Å². The molecule has 132 valence electrons. The van der Waals surface area contributed by atoms with E-state index in [9.17, 15) is 9.18 Å². The molecule has 2 fully saturated rings. The average Bonchev–Trinajstić information content (AvgIpc) is 3.33. The molecule has 1 saturated carbocycles. The van der Waals surface area contributed by atoms with Crippen LogP contribution in [0.5, 0.6) is 0 Å². The quantitative estimate of drug-likeness (QED) is 0.903. The molecule has 0 radical (unpaired) electrons. The number of likely N-dealkylation sites (tertiary alicyclic amines) is 1. The summed E-state index contributed by atoms with van der Waals surface area (Å²) in [6, 6.07) is 7.00. The van der Waals surface area contributed by atoms with E-state index in [1.54, 1.807) is 29.1 Å². The van der Waals surface area contributed by atoms with Gasteiger partial charge in [0, 0.05) is 25.8 Å². The molecular weight excluding hydrogens is 321 g/mol. The molecule has 2 aliphatic rings. The summed E-state index contributed by atoms with van der Waals surface area (Å²) in [5, 5.41) is 13.1. The Balaban J connectivity index is 1.38. The normalized spacial score (nSPS) is 19.2. The molecule has 1 aromatic heterocycles. The van der Waals surface area contributed by atoms with Crippen LogP contribution < -0.4 is 0 Å². The highest BCUT2D eigenvalue weighted by Gasteiger charge is 2.28. The van der Waals surface area contributed by atoms with Crippen LogP contribution in [-0.2, 0) is 6.54 Å². The lowest BCUT2D eigenvalue weighted by Gasteiger charge is -2.32. The second-order valence-corrected chi connectivity index (χ2v) is 7.11. The zero-order valence-corrected chi connectivity index (χ0v) is 14.1. The Morgan fingerprint density at radius 1 is 1.20 bits per heavy atom. The van der Waals surface area contributed by atoms with Crippen LogP contribution in [0.2, 0.25) is 0 Å². The molecule has 0 amide bonds. The first-order valence-corrected chi connectivity index (χ1v) is 8.89. The van der Waals surface area contributed by atoms with Gasteiger partial charge in [-0.1, -0.05) is 6.07 Å². The van der Waals surface area contributed by atoms with Gasteiger partial charge in [-0.25, -0.2) is 9.18 Å². The van der Waals surface area contributed by atoms with Crippen molar-refractivity contribution in [3.63, 3.8) is 0 Å². The van der Waals surface area contributed by atoms with Gasteiger partial charge in [0.1, 0.15) is 5.82 Å². The van der Waals surface area contributed by atoms with Crippen molar-refractivity contribution >= 4 is 5.97 Å². The van der Waals surface area contributed by atoms with E-state index < -0.39 is 5.97 Å². The first-order valence-electron chi connectivity index (χ1n) is 8.89. The van der Waals surface area contributed by atoms with Gasteiger partial charge < -0.3 is 5.11 Å². The predicted octanol–water partition coefficient (Wildman–Crippen LogP) is 3.43. The molecule has 5 nitrogen and oxygen atoms in total. The van der Waals surface area contributed by atoms with Gasteiger partial charge in [0.05, 0.1) is 6.04 Å². The molecule has 1 aromatic carbocycles. The average molecular weight is 343 g/mol. The maximum Gasteiger partial charge on any atom is 0.356 e. The van der Waals surface area contributed by atoms with E-state index in [4.69, 9.17) is 5.11 Å². The Kier molecular flexibility index (Phi) is 4.29. The van der Waals surface area contributed by atoms with Crippen LogP contribution in [0.25, 0.3) is 0 Å². The number of rotatable bonds is 5. The maximum atomic E-state index is 13.5. The van der Waals surface area contributed by atoms with Crippen LogP contribution in [0.3, 0.4) is 0 Å². The zero-order chi connectivity index (χ0) is 17.4. The van der Waals surface area contributed by atoms with Crippen molar-refractivity contribution in [2.45, 2.75) is 44.2 Å². The summed E-state index contributed by atoms with van der Waals surface area (Å²) in [4.78, 5) is 13.4. The summed E-state index contributed by atoms with van der Waals surface area (Å²) in [7, 11) is 0. The number of piperidine rings is 1. The third kappa shape index (κ3) is 3.58. The minimum atomic E-state index is -0.986. The lowest BCUT2D eigenvalue weighted by atomic mass is 10.00. The van der Waals surface area contributed by atoms with Crippen molar-refractivity contribution in [3.8, 4) is 0 Å². The number of carboxylic acid groups (broad SMARTS) is 1. The van der Waals surface area contributed by atoms with Gasteiger partial charge in [0.2, 0.25) is 0 Å². The van der Waals surface area contributed by atoms with Crippen LogP contribution in [0.4, 0.5) is 4.39 Å². The van der Waals surface area contributed by atoms with Crippen LogP contribution >= 0.6 is 0 Å². The van der Waals surface area contributed by atoms with Crippen LogP contribution in [0.15, 0.2) is 30.5 Å². The Bertz CT molecular complexity index is 777. The molecule has 1 N–H and O–H groups in total. The van der Waals surface area contributed by atoms with Gasteiger partial charge in [0.25, 0.3) is 0 Å². The largest absolute Gasteiger partial charge is 0.476 e. The predicted molar refractivity (Wildman–Crippen MR) is 91.1 cm³/mol. The molecule has 0 bridgehead atoms. The molecule has 0 atom stereocenters. The van der Waals surface area contributed by atoms with Gasteiger partial charge in [0.15, 0.2) is 5.69 Å². The molecule has 1 aliphatic carbocycles. The van der Waals surface area contributed by atoms with E-state index in [1.165, 1.54) is 24.0 Å². The summed E-state index contributed by atoms with van der Waals surface area (Å²) in [5.41, 5.74) is 2.53. The standard InChI is InChI=1S/C19H22FN3O2/c20-15-4-3-14(17(11-15)13-1-2-13)12-22-8-5-16(6-9-22)23-10-7-18(21-23)19(24)25/h3-4,7,10-11,13,16H,1-2,5-6,8-9,12H2,(H,24,25). The SMILES string of the molecule is O=C(O)c1ccn(C2CCN(Cc3ccc(F)cc3C3CC3)CC2)n1. The summed E-state index contributed by atoms with van der Waals surface area (Å²) in [6.45, 7) is 2.74. The van der Waals surface area contributed by atoms with Gasteiger partial charge >= 0.3 is 5.97 Å². The number of carboxylic acids is 1. The molecule has 6 heteroatoms. The Labute approximate surface area is 146 Å². The highest BCUT2D eigenvalue weighted by Crippen LogP contribution is 2.42. The fourth-order valence-corrected chi connectivity index (χ4v) is 3.72. The highest BCUT2D eigenvalue weighted by molar-refractivity contribution is 5.85. The Hall–Kier alpha value is -2.21. The monoisotopic (exact) mass is 343 g/mol. The lowest BCUT2D eigenvalue weighted by Crippen LogP contribution is -2.34. The van der Waals surface area contributed by atoms with Crippen LogP contribution in [-0.4, -0.2) is 38.8 Å². The number of carbonyl (C=O) groups is 1. The summed E-state index contributed by atoms with van der Waals surface area (Å²) in [5.74, 6) is -0.584. The molecule has 0 unspecified atom stereocenters. The van der Waals surface area contributed by atoms with E-state index in [-0.39, 0.29) is 17.6 Å². The van der Waals surface area contributed by atoms with Gasteiger partial charge in [-0.2, -0.15) is 5.10 Å². The number of hydrogen-bond acceptors (Lipinski definition) is 3. The van der Waals surface area contributed by atoms with Crippen molar-refractivity contribution in [3.05, 3.63) is 53.1 Å². The molecule has 0 spiro atoms. The van der Waals surface area contributed by atoms with Gasteiger partial charge in [-0.3, -0.25) is 9.58 Å². The van der Waals surface area contributed by atoms with E-state index in [2.05, 4.69) is 10.00 Å². The summed E-state index contributed by atoms with van der Waals surface area (Å²) < 4.78 is 15.3. The first-order chi connectivity index (χ1) is 12.1. The fraction of sp³-hybridized carbons (Fsp3) is 0.474. The third-order valence-electron chi connectivity index (χ3n) is 5.28. The highest BCUT2D eigenvalue weighted by atomic mass is 19.1. The van der Waals surface area contributed by atoms with E-state index in [1.807, 2.05) is 6.07 Å². The summed E-state index contributed by atoms with van der Waals surface area (Å²) in [6.07, 6.45) is 5.99.